The van der Waals surface area contributed by atoms with Crippen LogP contribution in [0, 0.1) is 0 Å². The molecule has 0 saturated heterocycles. The minimum atomic E-state index is -0.221. The van der Waals surface area contributed by atoms with Gasteiger partial charge >= 0.3 is 0 Å². The van der Waals surface area contributed by atoms with E-state index in [1.807, 2.05) is 22.1 Å². The van der Waals surface area contributed by atoms with Gasteiger partial charge in [-0.15, -0.1) is 21.5 Å². The van der Waals surface area contributed by atoms with Crippen LogP contribution >= 0.6 is 23.1 Å². The van der Waals surface area contributed by atoms with Gasteiger partial charge in [0.25, 0.3) is 5.91 Å². The number of thioether (sulfide) groups is 1. The third-order valence-electron chi connectivity index (χ3n) is 5.76. The number of carbonyl (C=O) groups is 2. The van der Waals surface area contributed by atoms with Gasteiger partial charge in [0.15, 0.2) is 11.0 Å². The Kier molecular flexibility index (Phi) is 8.97. The van der Waals surface area contributed by atoms with Gasteiger partial charge in [-0.2, -0.15) is 0 Å². The molecule has 0 fully saturated rings. The normalized spacial score (nSPS) is 10.8. The molecule has 4 rings (SSSR count). The van der Waals surface area contributed by atoms with Crippen molar-refractivity contribution in [2.75, 3.05) is 18.2 Å². The molecule has 0 aliphatic heterocycles. The Hall–Kier alpha value is -3.63. The maximum atomic E-state index is 12.8. The first-order valence-electron chi connectivity index (χ1n) is 12.0. The number of carbonyl (C=O) groups excluding carboxylic acids is 2. The highest BCUT2D eigenvalue weighted by atomic mass is 32.2. The minimum absolute atomic E-state index is 0.115. The summed E-state index contributed by atoms with van der Waals surface area (Å²) in [6.07, 6.45) is 1.64. The van der Waals surface area contributed by atoms with Crippen molar-refractivity contribution in [1.29, 1.82) is 0 Å². The molecule has 0 atom stereocenters. The first kappa shape index (κ1) is 26.4. The molecule has 192 valence electrons. The molecule has 0 unspecified atom stereocenters. The minimum Gasteiger partial charge on any atom is -0.497 e. The lowest BCUT2D eigenvalue weighted by Gasteiger charge is -2.18. The van der Waals surface area contributed by atoms with Gasteiger partial charge in [-0.05, 0) is 65.7 Å². The zero-order valence-corrected chi connectivity index (χ0v) is 22.6. The Bertz CT molecular complexity index is 1330. The number of nitrogens with zero attached hydrogens (tertiary/aromatic N) is 3. The van der Waals surface area contributed by atoms with Crippen molar-refractivity contribution in [3.63, 3.8) is 0 Å². The average molecular weight is 536 g/mol. The predicted octanol–water partition coefficient (Wildman–Crippen LogP) is 5.12. The van der Waals surface area contributed by atoms with Crippen LogP contribution in [-0.2, 0) is 24.2 Å². The molecule has 4 aromatic rings. The second kappa shape index (κ2) is 12.6. The number of amides is 2. The average Bonchev–Trinajstić information content (AvgIpc) is 3.59. The largest absolute Gasteiger partial charge is 0.497 e. The lowest BCUT2D eigenvalue weighted by molar-refractivity contribution is -0.113. The van der Waals surface area contributed by atoms with Crippen LogP contribution in [0.5, 0.6) is 5.75 Å². The first-order valence-corrected chi connectivity index (χ1v) is 13.8. The fourth-order valence-electron chi connectivity index (χ4n) is 3.89. The fraction of sp³-hybridized carbons (Fsp3) is 0.259. The quantitative estimate of drug-likeness (QED) is 0.259. The second-order valence-electron chi connectivity index (χ2n) is 8.09. The van der Waals surface area contributed by atoms with Gasteiger partial charge < -0.3 is 15.4 Å². The van der Waals surface area contributed by atoms with E-state index in [1.165, 1.54) is 23.1 Å². The maximum absolute atomic E-state index is 12.8. The summed E-state index contributed by atoms with van der Waals surface area (Å²) in [5.41, 5.74) is 3.82. The molecule has 2 heterocycles. The van der Waals surface area contributed by atoms with Crippen molar-refractivity contribution in [1.82, 2.24) is 20.1 Å². The molecule has 0 bridgehead atoms. The number of para-hydroxylation sites is 1. The van der Waals surface area contributed by atoms with Crippen LogP contribution in [0.25, 0.3) is 5.69 Å². The number of aromatic nitrogens is 3. The van der Waals surface area contributed by atoms with E-state index in [9.17, 15) is 9.59 Å². The SMILES string of the molecule is CCc1cccc(CC)c1-n1c(CNC(=O)c2ccc(OC)cc2)nnc1SCC(=O)Nc1cccs1. The number of thiophene rings is 1. The number of hydrogen-bond acceptors (Lipinski definition) is 7. The summed E-state index contributed by atoms with van der Waals surface area (Å²) in [5.74, 6) is 1.13. The van der Waals surface area contributed by atoms with Crippen molar-refractivity contribution >= 4 is 39.9 Å². The standard InChI is InChI=1S/C27H29N5O3S2/c1-4-18-8-6-9-19(5-2)25(18)32-22(16-28-26(34)20-11-13-21(35-3)14-12-20)30-31-27(32)37-17-23(33)29-24-10-7-15-36-24/h6-15H,4-5,16-17H2,1-3H3,(H,28,34)(H,29,33). The lowest BCUT2D eigenvalue weighted by Crippen LogP contribution is -2.25. The summed E-state index contributed by atoms with van der Waals surface area (Å²) in [5, 5.41) is 18.0. The summed E-state index contributed by atoms with van der Waals surface area (Å²) in [6, 6.07) is 16.9. The maximum Gasteiger partial charge on any atom is 0.251 e. The number of methoxy groups -OCH3 is 1. The Morgan fingerprint density at radius 1 is 1.00 bits per heavy atom. The van der Waals surface area contributed by atoms with E-state index in [1.54, 1.807) is 31.4 Å². The molecule has 0 radical (unpaired) electrons. The highest BCUT2D eigenvalue weighted by molar-refractivity contribution is 7.99. The molecule has 2 aromatic carbocycles. The van der Waals surface area contributed by atoms with Crippen LogP contribution < -0.4 is 15.4 Å². The second-order valence-corrected chi connectivity index (χ2v) is 9.98. The Morgan fingerprint density at radius 2 is 1.73 bits per heavy atom. The monoisotopic (exact) mass is 535 g/mol. The molecule has 0 spiro atoms. The van der Waals surface area contributed by atoms with Crippen molar-refractivity contribution in [2.45, 2.75) is 38.4 Å². The predicted molar refractivity (Wildman–Crippen MR) is 148 cm³/mol. The van der Waals surface area contributed by atoms with E-state index < -0.39 is 0 Å². The number of nitrogens with one attached hydrogen (secondary N) is 2. The lowest BCUT2D eigenvalue weighted by atomic mass is 10.0. The van der Waals surface area contributed by atoms with Gasteiger partial charge in [0.2, 0.25) is 5.91 Å². The van der Waals surface area contributed by atoms with Crippen LogP contribution in [-0.4, -0.2) is 39.4 Å². The Balaban J connectivity index is 1.60. The highest BCUT2D eigenvalue weighted by Crippen LogP contribution is 2.29. The smallest absolute Gasteiger partial charge is 0.251 e. The van der Waals surface area contributed by atoms with Gasteiger partial charge in [0.05, 0.1) is 30.1 Å². The van der Waals surface area contributed by atoms with E-state index in [0.717, 1.165) is 34.7 Å². The fourth-order valence-corrected chi connectivity index (χ4v) is 5.28. The molecular weight excluding hydrogens is 506 g/mol. The van der Waals surface area contributed by atoms with Crippen molar-refractivity contribution < 1.29 is 14.3 Å². The number of ether oxygens (including phenoxy) is 1. The number of anilines is 1. The van der Waals surface area contributed by atoms with Crippen LogP contribution in [0.3, 0.4) is 0 Å². The van der Waals surface area contributed by atoms with E-state index in [-0.39, 0.29) is 24.1 Å². The molecule has 0 saturated carbocycles. The molecular formula is C27H29N5O3S2. The molecule has 0 aliphatic carbocycles. The summed E-state index contributed by atoms with van der Waals surface area (Å²) in [7, 11) is 1.59. The number of hydrogen-bond donors (Lipinski definition) is 2. The molecule has 2 aromatic heterocycles. The van der Waals surface area contributed by atoms with E-state index in [4.69, 9.17) is 4.74 Å². The van der Waals surface area contributed by atoms with Gasteiger partial charge in [-0.1, -0.05) is 43.8 Å². The van der Waals surface area contributed by atoms with Crippen molar-refractivity contribution in [2.24, 2.45) is 0 Å². The number of rotatable bonds is 11. The molecule has 10 heteroatoms. The summed E-state index contributed by atoms with van der Waals surface area (Å²) < 4.78 is 7.16. The summed E-state index contributed by atoms with van der Waals surface area (Å²) in [6.45, 7) is 4.39. The van der Waals surface area contributed by atoms with Crippen LogP contribution in [0.4, 0.5) is 5.00 Å². The van der Waals surface area contributed by atoms with E-state index in [0.29, 0.717) is 22.3 Å². The first-order chi connectivity index (χ1) is 18.0. The van der Waals surface area contributed by atoms with Gasteiger partial charge in [-0.3, -0.25) is 14.2 Å². The molecule has 2 amide bonds. The van der Waals surface area contributed by atoms with E-state index in [2.05, 4.69) is 52.9 Å². The summed E-state index contributed by atoms with van der Waals surface area (Å²) in [4.78, 5) is 25.4. The number of aryl methyl sites for hydroxylation is 2. The summed E-state index contributed by atoms with van der Waals surface area (Å²) >= 11 is 2.80. The molecule has 2 N–H and O–H groups in total. The molecule has 37 heavy (non-hydrogen) atoms. The van der Waals surface area contributed by atoms with Crippen molar-refractivity contribution in [3.8, 4) is 11.4 Å². The topological polar surface area (TPSA) is 98.1 Å². The molecule has 8 nitrogen and oxygen atoms in total. The van der Waals surface area contributed by atoms with Crippen LogP contribution in [0.15, 0.2) is 65.1 Å². The van der Waals surface area contributed by atoms with Crippen LogP contribution in [0.2, 0.25) is 0 Å². The Labute approximate surface area is 224 Å². The van der Waals surface area contributed by atoms with E-state index >= 15 is 0 Å². The highest BCUT2D eigenvalue weighted by Gasteiger charge is 2.21. The third-order valence-corrected chi connectivity index (χ3v) is 7.48. The number of benzene rings is 2. The Morgan fingerprint density at radius 3 is 2.35 bits per heavy atom. The van der Waals surface area contributed by atoms with Gasteiger partial charge in [0.1, 0.15) is 5.75 Å². The van der Waals surface area contributed by atoms with Crippen LogP contribution in [0.1, 0.15) is 41.2 Å². The third kappa shape index (κ3) is 6.39. The van der Waals surface area contributed by atoms with Gasteiger partial charge in [0, 0.05) is 5.56 Å². The zero-order valence-electron chi connectivity index (χ0n) is 21.0. The van der Waals surface area contributed by atoms with Crippen molar-refractivity contribution in [3.05, 3.63) is 82.5 Å². The zero-order chi connectivity index (χ0) is 26.2. The molecule has 0 aliphatic rings. The van der Waals surface area contributed by atoms with Gasteiger partial charge in [-0.25, -0.2) is 0 Å².